The highest BCUT2D eigenvalue weighted by atomic mass is 35.5. The van der Waals surface area contributed by atoms with Gasteiger partial charge in [-0.25, -0.2) is 0 Å². The molecule has 0 aromatic heterocycles. The Kier molecular flexibility index (Phi) is 3.47. The van der Waals surface area contributed by atoms with Gasteiger partial charge in [-0.3, -0.25) is 4.79 Å². The van der Waals surface area contributed by atoms with Crippen molar-refractivity contribution in [2.45, 2.75) is 12.8 Å². The van der Waals surface area contributed by atoms with Gasteiger partial charge >= 0.3 is 0 Å². The maximum Gasteiger partial charge on any atom is 0.262 e. The van der Waals surface area contributed by atoms with E-state index in [1.54, 1.807) is 17.0 Å². The number of halogens is 1. The van der Waals surface area contributed by atoms with Crippen LogP contribution in [0.25, 0.3) is 0 Å². The molecule has 0 aliphatic carbocycles. The van der Waals surface area contributed by atoms with Crippen LogP contribution in [0.4, 0.5) is 11.4 Å². The number of rotatable bonds is 1. The van der Waals surface area contributed by atoms with Crippen molar-refractivity contribution in [2.24, 2.45) is 0 Å². The Morgan fingerprint density at radius 3 is 2.86 bits per heavy atom. The Balaban J connectivity index is 2.04. The summed E-state index contributed by atoms with van der Waals surface area (Å²) in [6.07, 6.45) is 1.80. The minimum absolute atomic E-state index is 0.0690. The summed E-state index contributed by atoms with van der Waals surface area (Å²) >= 11 is 5.92. The van der Waals surface area contributed by atoms with Crippen LogP contribution in [0.5, 0.6) is 5.75 Å². The number of nitrogens with two attached hydrogens (primary N) is 1. The third-order valence-electron chi connectivity index (χ3n) is 3.66. The average Bonchev–Trinajstić information content (AvgIpc) is 2.48. The zero-order valence-electron chi connectivity index (χ0n) is 11.3. The van der Waals surface area contributed by atoms with Crippen molar-refractivity contribution >= 4 is 28.9 Å². The lowest BCUT2D eigenvalue weighted by Gasteiger charge is -2.30. The summed E-state index contributed by atoms with van der Waals surface area (Å²) in [5, 5.41) is 10.3. The van der Waals surface area contributed by atoms with Crippen LogP contribution in [0, 0.1) is 0 Å². The van der Waals surface area contributed by atoms with Crippen LogP contribution in [0.3, 0.4) is 0 Å². The largest absolute Gasteiger partial charge is 0.507 e. The summed E-state index contributed by atoms with van der Waals surface area (Å²) in [6, 6.07) is 10.1. The van der Waals surface area contributed by atoms with Gasteiger partial charge in [0.05, 0.1) is 5.56 Å². The Hall–Kier alpha value is -2.20. The number of amides is 1. The van der Waals surface area contributed by atoms with Crippen LogP contribution in [0.15, 0.2) is 36.4 Å². The molecule has 0 radical (unpaired) electrons. The molecule has 1 aliphatic heterocycles. The molecular weight excluding hydrogens is 288 g/mol. The summed E-state index contributed by atoms with van der Waals surface area (Å²) in [6.45, 7) is 0.598. The van der Waals surface area contributed by atoms with E-state index >= 15 is 0 Å². The number of nitrogen functional groups attached to an aromatic ring is 1. The standard InChI is InChI=1S/C16H15ClN2O2/c17-11-4-6-15(20)13(8-11)16(21)19-7-1-2-10-3-5-12(18)9-14(10)19/h3-6,8-9,20H,1-2,7,18H2. The number of phenols is 1. The molecule has 1 amide bonds. The molecule has 21 heavy (non-hydrogen) atoms. The molecule has 0 fully saturated rings. The lowest BCUT2D eigenvalue weighted by molar-refractivity contribution is 0.0982. The third-order valence-corrected chi connectivity index (χ3v) is 3.90. The Morgan fingerprint density at radius 1 is 1.24 bits per heavy atom. The predicted molar refractivity (Wildman–Crippen MR) is 84.0 cm³/mol. The second kappa shape index (κ2) is 5.30. The maximum absolute atomic E-state index is 12.7. The SMILES string of the molecule is Nc1ccc2c(c1)N(C(=O)c1cc(Cl)ccc1O)CCC2. The second-order valence-electron chi connectivity index (χ2n) is 5.11. The summed E-state index contributed by atoms with van der Waals surface area (Å²) in [4.78, 5) is 14.4. The summed E-state index contributed by atoms with van der Waals surface area (Å²) < 4.78 is 0. The van der Waals surface area contributed by atoms with Crippen LogP contribution >= 0.6 is 11.6 Å². The monoisotopic (exact) mass is 302 g/mol. The van der Waals surface area contributed by atoms with Gasteiger partial charge in [0.2, 0.25) is 0 Å². The molecule has 3 rings (SSSR count). The molecule has 2 aromatic carbocycles. The van der Waals surface area contributed by atoms with E-state index in [2.05, 4.69) is 0 Å². The lowest BCUT2D eigenvalue weighted by Crippen LogP contribution is -2.35. The number of aryl methyl sites for hydroxylation is 1. The molecule has 1 aliphatic rings. The number of phenolic OH excluding ortho intramolecular Hbond substituents is 1. The number of nitrogens with zero attached hydrogens (tertiary/aromatic N) is 1. The van der Waals surface area contributed by atoms with Crippen molar-refractivity contribution in [3.05, 3.63) is 52.5 Å². The molecule has 0 bridgehead atoms. The first-order valence-electron chi connectivity index (χ1n) is 6.75. The first-order valence-corrected chi connectivity index (χ1v) is 7.13. The molecule has 0 saturated heterocycles. The average molecular weight is 303 g/mol. The molecular formula is C16H15ClN2O2. The van der Waals surface area contributed by atoms with Gasteiger partial charge in [0, 0.05) is 22.9 Å². The molecule has 108 valence electrons. The van der Waals surface area contributed by atoms with Crippen LogP contribution in [0.2, 0.25) is 5.02 Å². The summed E-state index contributed by atoms with van der Waals surface area (Å²) in [7, 11) is 0. The van der Waals surface area contributed by atoms with Gasteiger partial charge in [-0.15, -0.1) is 0 Å². The van der Waals surface area contributed by atoms with Crippen molar-refractivity contribution in [3.8, 4) is 5.75 Å². The highest BCUT2D eigenvalue weighted by molar-refractivity contribution is 6.31. The predicted octanol–water partition coefficient (Wildman–Crippen LogP) is 3.22. The van der Waals surface area contributed by atoms with Gasteiger partial charge in [-0.2, -0.15) is 0 Å². The van der Waals surface area contributed by atoms with Gasteiger partial charge in [0.25, 0.3) is 5.91 Å². The van der Waals surface area contributed by atoms with E-state index in [1.807, 2.05) is 12.1 Å². The summed E-state index contributed by atoms with van der Waals surface area (Å²) in [5.41, 5.74) is 8.55. The van der Waals surface area contributed by atoms with Crippen molar-refractivity contribution in [3.63, 3.8) is 0 Å². The van der Waals surface area contributed by atoms with Crippen molar-refractivity contribution in [1.82, 2.24) is 0 Å². The zero-order valence-corrected chi connectivity index (χ0v) is 12.1. The smallest absolute Gasteiger partial charge is 0.262 e. The van der Waals surface area contributed by atoms with E-state index in [1.165, 1.54) is 12.1 Å². The lowest BCUT2D eigenvalue weighted by atomic mass is 10.00. The fourth-order valence-electron chi connectivity index (χ4n) is 2.63. The van der Waals surface area contributed by atoms with Gasteiger partial charge in [-0.05, 0) is 48.7 Å². The number of hydrogen-bond donors (Lipinski definition) is 2. The Morgan fingerprint density at radius 2 is 2.05 bits per heavy atom. The van der Waals surface area contributed by atoms with E-state index in [0.717, 1.165) is 24.1 Å². The Labute approximate surface area is 127 Å². The van der Waals surface area contributed by atoms with Crippen molar-refractivity contribution < 1.29 is 9.90 Å². The van der Waals surface area contributed by atoms with Crippen LogP contribution in [0.1, 0.15) is 22.3 Å². The van der Waals surface area contributed by atoms with E-state index in [4.69, 9.17) is 17.3 Å². The third kappa shape index (κ3) is 2.54. The van der Waals surface area contributed by atoms with Gasteiger partial charge in [0.1, 0.15) is 5.75 Å². The normalized spacial score (nSPS) is 13.9. The van der Waals surface area contributed by atoms with E-state index < -0.39 is 0 Å². The number of carbonyl (C=O) groups is 1. The molecule has 0 saturated carbocycles. The van der Waals surface area contributed by atoms with E-state index in [0.29, 0.717) is 17.3 Å². The minimum Gasteiger partial charge on any atom is -0.507 e. The highest BCUT2D eigenvalue weighted by Gasteiger charge is 2.25. The van der Waals surface area contributed by atoms with Crippen LogP contribution in [-0.4, -0.2) is 17.6 Å². The highest BCUT2D eigenvalue weighted by Crippen LogP contribution is 2.32. The molecule has 3 N–H and O–H groups in total. The molecule has 0 atom stereocenters. The van der Waals surface area contributed by atoms with Gasteiger partial charge in [0.15, 0.2) is 0 Å². The summed E-state index contributed by atoms with van der Waals surface area (Å²) in [5.74, 6) is -0.332. The molecule has 2 aromatic rings. The number of fused-ring (bicyclic) bond motifs is 1. The topological polar surface area (TPSA) is 66.6 Å². The molecule has 0 unspecified atom stereocenters. The second-order valence-corrected chi connectivity index (χ2v) is 5.55. The number of aromatic hydroxyl groups is 1. The van der Waals surface area contributed by atoms with Crippen molar-refractivity contribution in [1.29, 1.82) is 0 Å². The quantitative estimate of drug-likeness (QED) is 0.795. The van der Waals surface area contributed by atoms with Crippen LogP contribution in [-0.2, 0) is 6.42 Å². The number of benzene rings is 2. The fourth-order valence-corrected chi connectivity index (χ4v) is 2.80. The minimum atomic E-state index is -0.262. The fraction of sp³-hybridized carbons (Fsp3) is 0.188. The molecule has 1 heterocycles. The number of carbonyl (C=O) groups excluding carboxylic acids is 1. The zero-order chi connectivity index (χ0) is 15.0. The number of anilines is 2. The number of hydrogen-bond acceptors (Lipinski definition) is 3. The van der Waals surface area contributed by atoms with E-state index in [9.17, 15) is 9.90 Å². The molecule has 0 spiro atoms. The van der Waals surface area contributed by atoms with Crippen molar-refractivity contribution in [2.75, 3.05) is 17.2 Å². The van der Waals surface area contributed by atoms with Crippen LogP contribution < -0.4 is 10.6 Å². The van der Waals surface area contributed by atoms with Gasteiger partial charge in [-0.1, -0.05) is 17.7 Å². The van der Waals surface area contributed by atoms with E-state index in [-0.39, 0.29) is 17.2 Å². The molecule has 5 heteroatoms. The molecule has 4 nitrogen and oxygen atoms in total. The maximum atomic E-state index is 12.7. The van der Waals surface area contributed by atoms with Gasteiger partial charge < -0.3 is 15.7 Å². The first kappa shape index (κ1) is 13.8. The Bertz CT molecular complexity index is 715. The first-order chi connectivity index (χ1) is 10.1.